The van der Waals surface area contributed by atoms with Gasteiger partial charge in [0.1, 0.15) is 0 Å². The molecule has 1 aromatic rings. The number of esters is 1. The fourth-order valence-electron chi connectivity index (χ4n) is 3.40. The van der Waals surface area contributed by atoms with Crippen molar-refractivity contribution in [2.45, 2.75) is 52.0 Å². The first-order valence-corrected chi connectivity index (χ1v) is 8.88. The summed E-state index contributed by atoms with van der Waals surface area (Å²) in [6.07, 6.45) is 0.990. The van der Waals surface area contributed by atoms with Gasteiger partial charge in [-0.1, -0.05) is 30.3 Å². The van der Waals surface area contributed by atoms with Gasteiger partial charge in [-0.2, -0.15) is 0 Å². The van der Waals surface area contributed by atoms with Crippen molar-refractivity contribution >= 4 is 5.97 Å². The molecule has 0 amide bonds. The molecule has 0 aromatic heterocycles. The Kier molecular flexibility index (Phi) is 7.21. The lowest BCUT2D eigenvalue weighted by Crippen LogP contribution is -2.60. The van der Waals surface area contributed by atoms with E-state index in [1.54, 1.807) is 0 Å². The monoisotopic (exact) mass is 335 g/mol. The van der Waals surface area contributed by atoms with Gasteiger partial charge in [-0.25, -0.2) is 4.79 Å². The smallest absolute Gasteiger partial charge is 0.331 e. The van der Waals surface area contributed by atoms with Crippen molar-refractivity contribution in [3.05, 3.63) is 35.9 Å². The van der Waals surface area contributed by atoms with Gasteiger partial charge < -0.3 is 14.2 Å². The van der Waals surface area contributed by atoms with Crippen molar-refractivity contribution in [2.75, 3.05) is 26.4 Å². The molecule has 134 valence electrons. The normalized spacial score (nSPS) is 21.3. The van der Waals surface area contributed by atoms with Crippen LogP contribution in [0.15, 0.2) is 30.3 Å². The summed E-state index contributed by atoms with van der Waals surface area (Å²) in [6.45, 7) is 8.50. The molecular formula is C19H29NO4. The molecular weight excluding hydrogens is 306 g/mol. The zero-order valence-corrected chi connectivity index (χ0v) is 15.0. The number of rotatable bonds is 9. The third-order valence-electron chi connectivity index (χ3n) is 4.42. The molecule has 0 spiro atoms. The van der Waals surface area contributed by atoms with Crippen LogP contribution in [0.2, 0.25) is 0 Å². The van der Waals surface area contributed by atoms with Gasteiger partial charge in [-0.15, -0.1) is 0 Å². The Labute approximate surface area is 144 Å². The van der Waals surface area contributed by atoms with Gasteiger partial charge in [0.15, 0.2) is 11.8 Å². The van der Waals surface area contributed by atoms with Gasteiger partial charge in [0, 0.05) is 19.8 Å². The first-order chi connectivity index (χ1) is 11.7. The van der Waals surface area contributed by atoms with Crippen molar-refractivity contribution in [3.8, 4) is 0 Å². The molecule has 0 radical (unpaired) electrons. The Morgan fingerprint density at radius 1 is 1.12 bits per heavy atom. The second-order valence-corrected chi connectivity index (χ2v) is 5.90. The highest BCUT2D eigenvalue weighted by Crippen LogP contribution is 2.37. The molecule has 1 aromatic carbocycles. The third-order valence-corrected chi connectivity index (χ3v) is 4.42. The van der Waals surface area contributed by atoms with E-state index in [2.05, 4.69) is 17.0 Å². The van der Waals surface area contributed by atoms with Crippen LogP contribution in [0.5, 0.6) is 0 Å². The Balaban J connectivity index is 2.33. The summed E-state index contributed by atoms with van der Waals surface area (Å²) in [4.78, 5) is 15.1. The second-order valence-electron chi connectivity index (χ2n) is 5.90. The minimum Gasteiger partial charge on any atom is -0.464 e. The van der Waals surface area contributed by atoms with Crippen molar-refractivity contribution in [1.29, 1.82) is 0 Å². The van der Waals surface area contributed by atoms with E-state index in [0.29, 0.717) is 32.8 Å². The lowest BCUT2D eigenvalue weighted by Gasteiger charge is -2.41. The molecule has 5 nitrogen and oxygen atoms in total. The summed E-state index contributed by atoms with van der Waals surface area (Å²) < 4.78 is 17.1. The van der Waals surface area contributed by atoms with Crippen LogP contribution in [-0.2, 0) is 25.5 Å². The zero-order valence-electron chi connectivity index (χ0n) is 15.0. The van der Waals surface area contributed by atoms with Crippen LogP contribution in [0.3, 0.4) is 0 Å². The largest absolute Gasteiger partial charge is 0.464 e. The quantitative estimate of drug-likeness (QED) is 0.513. The number of hydrogen-bond acceptors (Lipinski definition) is 5. The summed E-state index contributed by atoms with van der Waals surface area (Å²) in [5.74, 6) is -0.245. The number of carbonyl (C=O) groups is 1. The number of ether oxygens (including phenoxy) is 3. The van der Waals surface area contributed by atoms with Crippen LogP contribution in [-0.4, -0.2) is 49.1 Å². The van der Waals surface area contributed by atoms with Crippen LogP contribution in [0, 0.1) is 0 Å². The van der Waals surface area contributed by atoms with E-state index < -0.39 is 11.8 Å². The molecule has 1 saturated heterocycles. The van der Waals surface area contributed by atoms with Crippen LogP contribution >= 0.6 is 0 Å². The maximum Gasteiger partial charge on any atom is 0.331 e. The van der Waals surface area contributed by atoms with E-state index >= 15 is 0 Å². The van der Waals surface area contributed by atoms with Gasteiger partial charge in [0.25, 0.3) is 0 Å². The second kappa shape index (κ2) is 9.16. The molecule has 1 aliphatic rings. The summed E-state index contributed by atoms with van der Waals surface area (Å²) in [5.41, 5.74) is 0.289. The predicted molar refractivity (Wildman–Crippen MR) is 92.5 cm³/mol. The number of nitrogens with zero attached hydrogens (tertiary/aromatic N) is 1. The highest BCUT2D eigenvalue weighted by atomic mass is 16.7. The lowest BCUT2D eigenvalue weighted by atomic mass is 9.94. The average molecular weight is 335 g/mol. The van der Waals surface area contributed by atoms with Gasteiger partial charge in [0.2, 0.25) is 0 Å². The summed E-state index contributed by atoms with van der Waals surface area (Å²) in [5, 5.41) is 0. The van der Waals surface area contributed by atoms with Crippen molar-refractivity contribution in [2.24, 2.45) is 0 Å². The maximum absolute atomic E-state index is 12.9. The molecule has 1 unspecified atom stereocenters. The van der Waals surface area contributed by atoms with E-state index in [0.717, 1.165) is 13.0 Å². The van der Waals surface area contributed by atoms with E-state index in [4.69, 9.17) is 14.2 Å². The molecule has 0 N–H and O–H groups in total. The fraction of sp³-hybridized carbons (Fsp3) is 0.632. The Hall–Kier alpha value is -1.43. The summed E-state index contributed by atoms with van der Waals surface area (Å²) >= 11 is 0. The van der Waals surface area contributed by atoms with Crippen LogP contribution in [0.4, 0.5) is 0 Å². The molecule has 0 aliphatic carbocycles. The minimum atomic E-state index is -0.877. The maximum atomic E-state index is 12.9. The number of carbonyl (C=O) groups excluding carboxylic acids is 1. The zero-order chi connectivity index (χ0) is 17.4. The van der Waals surface area contributed by atoms with Crippen LogP contribution in [0.25, 0.3) is 0 Å². The number of benzene rings is 1. The van der Waals surface area contributed by atoms with Gasteiger partial charge in [-0.05, 0) is 45.7 Å². The molecule has 5 heteroatoms. The average Bonchev–Trinajstić information content (AvgIpc) is 3.00. The summed E-state index contributed by atoms with van der Waals surface area (Å²) in [6, 6.07) is 10.2. The minimum absolute atomic E-state index is 0.245. The van der Waals surface area contributed by atoms with Crippen LogP contribution < -0.4 is 0 Å². The molecule has 1 heterocycles. The molecule has 2 rings (SSSR count). The van der Waals surface area contributed by atoms with Gasteiger partial charge >= 0.3 is 5.97 Å². The topological polar surface area (TPSA) is 48.0 Å². The number of hydrogen-bond donors (Lipinski definition) is 0. The Morgan fingerprint density at radius 2 is 1.79 bits per heavy atom. The highest BCUT2D eigenvalue weighted by Gasteiger charge is 2.55. The van der Waals surface area contributed by atoms with Crippen LogP contribution in [0.1, 0.15) is 39.2 Å². The third kappa shape index (κ3) is 3.97. The predicted octanol–water partition coefficient (Wildman–Crippen LogP) is 2.98. The molecule has 1 aliphatic heterocycles. The molecule has 1 fully saturated rings. The van der Waals surface area contributed by atoms with E-state index in [1.165, 1.54) is 5.56 Å². The van der Waals surface area contributed by atoms with E-state index in [9.17, 15) is 4.79 Å². The van der Waals surface area contributed by atoms with E-state index in [1.807, 2.05) is 39.0 Å². The fourth-order valence-corrected chi connectivity index (χ4v) is 3.40. The lowest BCUT2D eigenvalue weighted by molar-refractivity contribution is -0.219. The summed E-state index contributed by atoms with van der Waals surface area (Å²) in [7, 11) is 0. The first-order valence-electron chi connectivity index (χ1n) is 8.88. The Bertz CT molecular complexity index is 501. The first kappa shape index (κ1) is 18.9. The Morgan fingerprint density at radius 3 is 2.38 bits per heavy atom. The van der Waals surface area contributed by atoms with Gasteiger partial charge in [-0.3, -0.25) is 4.90 Å². The molecule has 24 heavy (non-hydrogen) atoms. The van der Waals surface area contributed by atoms with E-state index in [-0.39, 0.29) is 5.97 Å². The standard InChI is InChI=1S/C19H29NO4/c1-4-22-17(21)19(18(23-5-2)24-6-3)13-10-14-20(19)15-16-11-8-7-9-12-16/h7-9,11-12,18H,4-6,10,13-15H2,1-3H3. The van der Waals surface area contributed by atoms with Crippen molar-refractivity contribution < 1.29 is 19.0 Å². The van der Waals surface area contributed by atoms with Crippen molar-refractivity contribution in [1.82, 2.24) is 4.90 Å². The molecule has 1 atom stereocenters. The SMILES string of the molecule is CCOC(=O)C1(C(OCC)OCC)CCCN1Cc1ccccc1. The molecule has 0 saturated carbocycles. The molecule has 0 bridgehead atoms. The number of likely N-dealkylation sites (tertiary alicyclic amines) is 1. The highest BCUT2D eigenvalue weighted by molar-refractivity contribution is 5.82. The van der Waals surface area contributed by atoms with Gasteiger partial charge in [0.05, 0.1) is 6.61 Å². The van der Waals surface area contributed by atoms with Crippen molar-refractivity contribution in [3.63, 3.8) is 0 Å².